The van der Waals surface area contributed by atoms with Gasteiger partial charge in [0.05, 0.1) is 0 Å². The Morgan fingerprint density at radius 3 is 1.10 bits per heavy atom. The first-order valence-corrected chi connectivity index (χ1v) is 17.8. The summed E-state index contributed by atoms with van der Waals surface area (Å²) < 4.78 is 26.8. The van der Waals surface area contributed by atoms with E-state index in [1.54, 1.807) is 0 Å². The van der Waals surface area contributed by atoms with Crippen LogP contribution in [0.3, 0.4) is 0 Å². The minimum absolute atomic E-state index is 0.608. The van der Waals surface area contributed by atoms with Crippen molar-refractivity contribution in [2.24, 2.45) is 17.8 Å². The molecule has 0 aromatic heterocycles. The molecule has 0 saturated heterocycles. The number of hydrogen-bond donors (Lipinski definition) is 0. The van der Waals surface area contributed by atoms with Gasteiger partial charge in [0.1, 0.15) is 0 Å². The summed E-state index contributed by atoms with van der Waals surface area (Å²) in [5, 5.41) is 0. The quantitative estimate of drug-likeness (QED) is 0.129. The molecule has 6 heteroatoms. The fourth-order valence-corrected chi connectivity index (χ4v) is 16.8. The van der Waals surface area contributed by atoms with Crippen LogP contribution in [0.2, 0.25) is 18.1 Å². The monoisotopic (exact) mass is 482 g/mol. The third kappa shape index (κ3) is 14.0. The van der Waals surface area contributed by atoms with Gasteiger partial charge in [0.25, 0.3) is 0 Å². The van der Waals surface area contributed by atoms with Gasteiger partial charge in [-0.3, -0.25) is 0 Å². The molecule has 0 atom stereocenters. The van der Waals surface area contributed by atoms with Gasteiger partial charge in [-0.15, -0.1) is 0 Å². The van der Waals surface area contributed by atoms with Gasteiger partial charge >= 0.3 is 196 Å². The van der Waals surface area contributed by atoms with Crippen LogP contribution in [0.5, 0.6) is 0 Å². The maximum atomic E-state index is 7.26. The van der Waals surface area contributed by atoms with Gasteiger partial charge in [0, 0.05) is 0 Å². The van der Waals surface area contributed by atoms with Gasteiger partial charge in [-0.1, -0.05) is 0 Å². The van der Waals surface area contributed by atoms with E-state index in [9.17, 15) is 0 Å². The van der Waals surface area contributed by atoms with Crippen molar-refractivity contribution in [2.75, 3.05) is 19.8 Å². The second kappa shape index (κ2) is 17.3. The van der Waals surface area contributed by atoms with Crippen molar-refractivity contribution in [3.63, 3.8) is 0 Å². The molecule has 0 fully saturated rings. The molecule has 4 nitrogen and oxygen atoms in total. The fraction of sp³-hybridized carbons (Fsp3) is 1.00. The number of hydrogen-bond acceptors (Lipinski definition) is 4. The van der Waals surface area contributed by atoms with E-state index >= 15 is 0 Å². The normalized spacial score (nSPS) is 13.2. The summed E-state index contributed by atoms with van der Waals surface area (Å²) in [4.78, 5) is 0. The molecule has 0 aromatic rings. The van der Waals surface area contributed by atoms with Gasteiger partial charge < -0.3 is 0 Å². The summed E-state index contributed by atoms with van der Waals surface area (Å²) in [5.41, 5.74) is 0. The molecule has 0 rings (SSSR count). The average molecular weight is 483 g/mol. The van der Waals surface area contributed by atoms with E-state index in [-0.39, 0.29) is 0 Å². The van der Waals surface area contributed by atoms with Gasteiger partial charge in [-0.25, -0.2) is 0 Å². The molecule has 182 valence electrons. The Labute approximate surface area is 195 Å². The molecular formula is C24H54O4SiTi. The van der Waals surface area contributed by atoms with Crippen molar-refractivity contribution in [2.45, 2.75) is 119 Å². The molecule has 0 saturated carbocycles. The predicted molar refractivity (Wildman–Crippen MR) is 128 cm³/mol. The summed E-state index contributed by atoms with van der Waals surface area (Å²) >= 11 is -3.82. The summed E-state index contributed by atoms with van der Waals surface area (Å²) in [6, 6.07) is 3.46. The van der Waals surface area contributed by atoms with Gasteiger partial charge in [0.2, 0.25) is 0 Å². The zero-order valence-electron chi connectivity index (χ0n) is 21.9. The van der Waals surface area contributed by atoms with Crippen LogP contribution in [-0.2, 0) is 31.1 Å². The molecule has 0 aliphatic carbocycles. The van der Waals surface area contributed by atoms with Crippen molar-refractivity contribution >= 4 is 8.32 Å². The molecular weight excluding hydrogens is 428 g/mol. The molecule has 30 heavy (non-hydrogen) atoms. The van der Waals surface area contributed by atoms with Crippen LogP contribution in [0.15, 0.2) is 0 Å². The number of unbranched alkanes of at least 4 members (excludes halogenated alkanes) is 3. The molecule has 0 radical (unpaired) electrons. The third-order valence-electron chi connectivity index (χ3n) is 5.01. The summed E-state index contributed by atoms with van der Waals surface area (Å²) in [5.74, 6) is 1.82. The van der Waals surface area contributed by atoms with Crippen LogP contribution in [0.4, 0.5) is 0 Å². The molecule has 0 spiro atoms. The Bertz CT molecular complexity index is 352. The Morgan fingerprint density at radius 1 is 0.567 bits per heavy atom. The zero-order valence-corrected chi connectivity index (χ0v) is 24.4. The Kier molecular flexibility index (Phi) is 17.7. The van der Waals surface area contributed by atoms with Crippen LogP contribution >= 0.6 is 0 Å². The van der Waals surface area contributed by atoms with E-state index in [1.807, 2.05) is 0 Å². The fourth-order valence-electron chi connectivity index (χ4n) is 4.11. The third-order valence-corrected chi connectivity index (χ3v) is 16.2. The van der Waals surface area contributed by atoms with Crippen molar-refractivity contribution in [1.29, 1.82) is 0 Å². The predicted octanol–water partition coefficient (Wildman–Crippen LogP) is 8.18. The average Bonchev–Trinajstić information content (AvgIpc) is 2.60. The first kappa shape index (κ1) is 30.8. The van der Waals surface area contributed by atoms with Crippen molar-refractivity contribution < 1.29 is 31.1 Å². The van der Waals surface area contributed by atoms with Crippen LogP contribution in [0, 0.1) is 17.8 Å². The van der Waals surface area contributed by atoms with Crippen molar-refractivity contribution in [3.8, 4) is 0 Å². The Hall–Kier alpha value is 0.771. The molecule has 0 aliphatic heterocycles. The van der Waals surface area contributed by atoms with E-state index in [1.165, 1.54) is 0 Å². The topological polar surface area (TPSA) is 36.9 Å². The molecule has 0 heterocycles. The van der Waals surface area contributed by atoms with E-state index in [4.69, 9.17) is 13.0 Å². The van der Waals surface area contributed by atoms with Crippen LogP contribution in [-0.4, -0.2) is 28.1 Å². The van der Waals surface area contributed by atoms with Crippen molar-refractivity contribution in [1.82, 2.24) is 0 Å². The maximum absolute atomic E-state index is 7.26. The van der Waals surface area contributed by atoms with E-state index in [0.29, 0.717) is 37.6 Å². The van der Waals surface area contributed by atoms with Gasteiger partial charge in [-0.2, -0.15) is 0 Å². The van der Waals surface area contributed by atoms with E-state index in [0.717, 1.165) is 56.7 Å². The van der Waals surface area contributed by atoms with Crippen molar-refractivity contribution in [3.05, 3.63) is 0 Å². The van der Waals surface area contributed by atoms with Gasteiger partial charge in [0.15, 0.2) is 0 Å². The minimum atomic E-state index is -3.82. The molecule has 0 N–H and O–H groups in total. The van der Waals surface area contributed by atoms with Crippen LogP contribution in [0.25, 0.3) is 0 Å². The molecule has 0 amide bonds. The first-order valence-electron chi connectivity index (χ1n) is 12.8. The standard InChI is InChI=1S/C12H27OSi.3C4H9O.Ti/c1-10(2)7-14(13,8-11(3)4)9-12(5)6;3*1-2-3-4-5;/h10-12H,7-9H2,1-6H3;3*2-4H2,1H3;/q4*-1;+4. The van der Waals surface area contributed by atoms with Gasteiger partial charge in [-0.05, 0) is 0 Å². The second-order valence-corrected chi connectivity index (χ2v) is 17.9. The zero-order chi connectivity index (χ0) is 23.0. The summed E-state index contributed by atoms with van der Waals surface area (Å²) in [6.45, 7) is 22.6. The van der Waals surface area contributed by atoms with Crippen LogP contribution in [0.1, 0.15) is 101 Å². The number of rotatable bonds is 20. The Balaban J connectivity index is 5.97. The molecule has 0 bridgehead atoms. The summed E-state index contributed by atoms with van der Waals surface area (Å²) in [6.07, 6.45) is 6.39. The second-order valence-electron chi connectivity index (χ2n) is 10.2. The Morgan fingerprint density at radius 2 is 0.867 bits per heavy atom. The van der Waals surface area contributed by atoms with Crippen LogP contribution < -0.4 is 0 Å². The molecule has 0 aliphatic rings. The van der Waals surface area contributed by atoms with E-state index in [2.05, 4.69) is 62.3 Å². The first-order chi connectivity index (χ1) is 14.1. The SMILES string of the molecule is CCCC[O][Ti]([O]CCCC)([O]CCCC)[O][Si](CC(C)C)(CC(C)C)CC(C)C. The summed E-state index contributed by atoms with van der Waals surface area (Å²) in [7, 11) is -2.09. The molecule has 0 unspecified atom stereocenters. The molecule has 0 aromatic carbocycles. The van der Waals surface area contributed by atoms with E-state index < -0.39 is 26.5 Å².